The first-order valence-corrected chi connectivity index (χ1v) is 12.0. The number of nitrogens with one attached hydrogen (secondary N) is 3. The number of alkyl halides is 6. The van der Waals surface area contributed by atoms with Crippen LogP contribution in [0.2, 0.25) is 0 Å². The van der Waals surface area contributed by atoms with Crippen LogP contribution in [0.3, 0.4) is 0 Å². The standard InChI is InChI=1S/C23H20F7N7O3/c24-15-8-12(40-7-1-6-22(25,26)27)4-5-14(15)21(23(28,29)30)9-13(18-31-10-16(32-18)11-2-3-11)17(19(38)33-21)37-20(39)34-35-36-37/h4-5,8,10-11H,1-3,6-7,9H2,(H,31,32)(H,33,38)(H,34,36,39)/t21-/m0/s1. The van der Waals surface area contributed by atoms with E-state index in [1.54, 1.807) is 0 Å². The fourth-order valence-corrected chi connectivity index (χ4v) is 4.52. The van der Waals surface area contributed by atoms with Gasteiger partial charge in [0.1, 0.15) is 23.1 Å². The molecule has 0 saturated heterocycles. The highest BCUT2D eigenvalue weighted by Gasteiger charge is 2.61. The first kappa shape index (κ1) is 27.4. The monoisotopic (exact) mass is 575 g/mol. The van der Waals surface area contributed by atoms with Crippen LogP contribution in [0.1, 0.15) is 55.1 Å². The van der Waals surface area contributed by atoms with Gasteiger partial charge in [0, 0.05) is 47.9 Å². The molecular formula is C23H20F7N7O3. The summed E-state index contributed by atoms with van der Waals surface area (Å²) < 4.78 is 102. The molecule has 1 aliphatic heterocycles. The van der Waals surface area contributed by atoms with E-state index in [1.165, 1.54) is 6.20 Å². The molecule has 214 valence electrons. The lowest BCUT2D eigenvalue weighted by Gasteiger charge is -2.40. The Kier molecular flexibility index (Phi) is 6.70. The lowest BCUT2D eigenvalue weighted by atomic mass is 9.79. The SMILES string of the molecule is O=C1N[C@@](c2ccc(OCCCC(F)(F)F)cc2F)(C(F)(F)F)CC(c2ncc(C3CC3)[nH]2)=C1n1nn[nH]c1=O. The van der Waals surface area contributed by atoms with Crippen molar-refractivity contribution in [1.82, 2.24) is 35.5 Å². The molecule has 0 spiro atoms. The minimum absolute atomic E-state index is 0.117. The number of H-pyrrole nitrogens is 2. The summed E-state index contributed by atoms with van der Waals surface area (Å²) in [5, 5.41) is 10.5. The van der Waals surface area contributed by atoms with Gasteiger partial charge < -0.3 is 15.0 Å². The van der Waals surface area contributed by atoms with Crippen LogP contribution in [-0.2, 0) is 10.3 Å². The van der Waals surface area contributed by atoms with Crippen molar-refractivity contribution in [3.8, 4) is 5.75 Å². The average Bonchev–Trinajstić information content (AvgIpc) is 3.44. The molecule has 2 aliphatic rings. The number of ether oxygens (including phenoxy) is 1. The Morgan fingerprint density at radius 2 is 1.88 bits per heavy atom. The zero-order valence-corrected chi connectivity index (χ0v) is 20.3. The molecule has 2 aromatic heterocycles. The summed E-state index contributed by atoms with van der Waals surface area (Å²) in [6, 6.07) is 2.30. The van der Waals surface area contributed by atoms with Crippen LogP contribution < -0.4 is 15.7 Å². The van der Waals surface area contributed by atoms with Gasteiger partial charge in [-0.2, -0.15) is 31.0 Å². The van der Waals surface area contributed by atoms with E-state index in [1.807, 2.05) is 10.4 Å². The summed E-state index contributed by atoms with van der Waals surface area (Å²) in [6.45, 7) is -0.454. The number of hydrogen-bond donors (Lipinski definition) is 3. The fourth-order valence-electron chi connectivity index (χ4n) is 4.52. The molecule has 1 aliphatic carbocycles. The molecule has 0 radical (unpaired) electrons. The smallest absolute Gasteiger partial charge is 0.416 e. The third-order valence-corrected chi connectivity index (χ3v) is 6.61. The quantitative estimate of drug-likeness (QED) is 0.277. The Hall–Kier alpha value is -4.18. The predicted molar refractivity (Wildman–Crippen MR) is 122 cm³/mol. The van der Waals surface area contributed by atoms with E-state index in [2.05, 4.69) is 20.4 Å². The molecule has 3 N–H and O–H groups in total. The van der Waals surface area contributed by atoms with Gasteiger partial charge in [0.05, 0.1) is 6.61 Å². The molecule has 0 bridgehead atoms. The zero-order valence-electron chi connectivity index (χ0n) is 20.3. The molecule has 1 aromatic carbocycles. The number of aromatic amines is 2. The number of tetrazole rings is 1. The summed E-state index contributed by atoms with van der Waals surface area (Å²) in [5.41, 5.74) is -5.63. The predicted octanol–water partition coefficient (Wildman–Crippen LogP) is 3.77. The van der Waals surface area contributed by atoms with E-state index in [-0.39, 0.29) is 23.1 Å². The second-order valence-electron chi connectivity index (χ2n) is 9.45. The van der Waals surface area contributed by atoms with Crippen molar-refractivity contribution in [2.75, 3.05) is 6.61 Å². The van der Waals surface area contributed by atoms with Crippen LogP contribution in [0.25, 0.3) is 11.3 Å². The average molecular weight is 575 g/mol. The normalized spacial score (nSPS) is 20.1. The van der Waals surface area contributed by atoms with Crippen LogP contribution in [0.4, 0.5) is 30.7 Å². The van der Waals surface area contributed by atoms with Gasteiger partial charge >= 0.3 is 18.0 Å². The molecule has 1 fully saturated rings. The lowest BCUT2D eigenvalue weighted by molar-refractivity contribution is -0.202. The Labute approximate surface area is 219 Å². The van der Waals surface area contributed by atoms with Gasteiger partial charge in [0.15, 0.2) is 5.54 Å². The van der Waals surface area contributed by atoms with Crippen LogP contribution in [0, 0.1) is 5.82 Å². The van der Waals surface area contributed by atoms with Crippen molar-refractivity contribution >= 4 is 17.2 Å². The van der Waals surface area contributed by atoms with Crippen molar-refractivity contribution in [2.45, 2.75) is 55.9 Å². The maximum atomic E-state index is 15.3. The topological polar surface area (TPSA) is 131 Å². The largest absolute Gasteiger partial charge is 0.493 e. The van der Waals surface area contributed by atoms with E-state index < -0.39 is 72.4 Å². The Morgan fingerprint density at radius 3 is 2.48 bits per heavy atom. The van der Waals surface area contributed by atoms with Crippen molar-refractivity contribution in [3.05, 3.63) is 57.8 Å². The second-order valence-corrected chi connectivity index (χ2v) is 9.45. The van der Waals surface area contributed by atoms with Gasteiger partial charge in [0.25, 0.3) is 5.91 Å². The zero-order chi connectivity index (χ0) is 28.9. The number of imidazole rings is 1. The molecule has 0 unspecified atom stereocenters. The Morgan fingerprint density at radius 1 is 1.12 bits per heavy atom. The third kappa shape index (κ3) is 5.19. The Bertz CT molecular complexity index is 1520. The summed E-state index contributed by atoms with van der Waals surface area (Å²) in [7, 11) is 0. The van der Waals surface area contributed by atoms with Crippen LogP contribution in [0.5, 0.6) is 5.75 Å². The van der Waals surface area contributed by atoms with Crippen molar-refractivity contribution in [2.24, 2.45) is 0 Å². The number of carbonyl (C=O) groups excluding carboxylic acids is 1. The van der Waals surface area contributed by atoms with E-state index in [9.17, 15) is 35.9 Å². The maximum absolute atomic E-state index is 15.3. The molecule has 3 heterocycles. The maximum Gasteiger partial charge on any atom is 0.416 e. The third-order valence-electron chi connectivity index (χ3n) is 6.61. The van der Waals surface area contributed by atoms with Gasteiger partial charge in [-0.3, -0.25) is 4.79 Å². The van der Waals surface area contributed by atoms with E-state index in [0.717, 1.165) is 25.0 Å². The van der Waals surface area contributed by atoms with Crippen LogP contribution in [-0.4, -0.2) is 55.0 Å². The molecule has 3 aromatic rings. The van der Waals surface area contributed by atoms with Crippen molar-refractivity contribution in [1.29, 1.82) is 0 Å². The second kappa shape index (κ2) is 9.78. The number of rotatable bonds is 8. The van der Waals surface area contributed by atoms with E-state index in [4.69, 9.17) is 4.74 Å². The summed E-state index contributed by atoms with van der Waals surface area (Å²) >= 11 is 0. The number of aromatic nitrogens is 6. The van der Waals surface area contributed by atoms with Gasteiger partial charge in [-0.25, -0.2) is 19.3 Å². The lowest BCUT2D eigenvalue weighted by Crippen LogP contribution is -2.59. The van der Waals surface area contributed by atoms with Gasteiger partial charge in [-0.1, -0.05) is 0 Å². The highest BCUT2D eigenvalue weighted by Crippen LogP contribution is 2.50. The molecule has 10 nitrogen and oxygen atoms in total. The van der Waals surface area contributed by atoms with E-state index in [0.29, 0.717) is 16.4 Å². The first-order chi connectivity index (χ1) is 18.8. The van der Waals surface area contributed by atoms with Gasteiger partial charge in [-0.15, -0.1) is 0 Å². The molecule has 1 saturated carbocycles. The van der Waals surface area contributed by atoms with Crippen LogP contribution >= 0.6 is 0 Å². The minimum atomic E-state index is -5.27. The molecule has 1 atom stereocenters. The summed E-state index contributed by atoms with van der Waals surface area (Å²) in [6.07, 6.45) is -9.30. The van der Waals surface area contributed by atoms with Crippen molar-refractivity contribution in [3.63, 3.8) is 0 Å². The highest BCUT2D eigenvalue weighted by atomic mass is 19.4. The fraction of sp³-hybridized carbons (Fsp3) is 0.435. The van der Waals surface area contributed by atoms with Crippen LogP contribution in [0.15, 0.2) is 29.2 Å². The van der Waals surface area contributed by atoms with E-state index >= 15 is 4.39 Å². The van der Waals surface area contributed by atoms with Gasteiger partial charge in [0.2, 0.25) is 0 Å². The number of carbonyl (C=O) groups is 1. The summed E-state index contributed by atoms with van der Waals surface area (Å²) in [4.78, 5) is 32.5. The molecular weight excluding hydrogens is 555 g/mol. The number of nitrogens with zero attached hydrogens (tertiary/aromatic N) is 4. The number of hydrogen-bond acceptors (Lipinski definition) is 6. The number of benzene rings is 1. The minimum Gasteiger partial charge on any atom is -0.493 e. The number of amides is 1. The summed E-state index contributed by atoms with van der Waals surface area (Å²) in [5.74, 6) is -3.14. The molecule has 1 amide bonds. The molecule has 17 heteroatoms. The van der Waals surface area contributed by atoms with Gasteiger partial charge in [-0.05, 0) is 41.8 Å². The Balaban J connectivity index is 1.55. The highest BCUT2D eigenvalue weighted by molar-refractivity contribution is 6.22. The molecule has 40 heavy (non-hydrogen) atoms. The number of halogens is 7. The first-order valence-electron chi connectivity index (χ1n) is 12.0. The molecule has 5 rings (SSSR count). The van der Waals surface area contributed by atoms with Crippen molar-refractivity contribution < 1.29 is 40.3 Å².